The highest BCUT2D eigenvalue weighted by Gasteiger charge is 2.08. The smallest absolute Gasteiger partial charge is 0.0787 e. The lowest BCUT2D eigenvalue weighted by Gasteiger charge is -2.13. The quantitative estimate of drug-likeness (QED) is 0.834. The van der Waals surface area contributed by atoms with Crippen molar-refractivity contribution < 1.29 is 5.11 Å². The molecule has 2 aromatic rings. The Labute approximate surface area is 115 Å². The number of aliphatic hydroxyl groups excluding tert-OH is 1. The van der Waals surface area contributed by atoms with Gasteiger partial charge in [-0.1, -0.05) is 68.4 Å². The summed E-state index contributed by atoms with van der Waals surface area (Å²) in [7, 11) is 0. The standard InChI is InChI=1S/C18H22O/c1-3-18(19)17-11-9-15(10-12-17)13-14(2)16-7-5-4-6-8-16/h4-12,14,18-19H,3,13H2,1-2H3. The van der Waals surface area contributed by atoms with Crippen LogP contribution in [0.1, 0.15) is 49.0 Å². The van der Waals surface area contributed by atoms with Crippen molar-refractivity contribution in [1.29, 1.82) is 0 Å². The van der Waals surface area contributed by atoms with E-state index in [2.05, 4.69) is 49.4 Å². The van der Waals surface area contributed by atoms with E-state index in [-0.39, 0.29) is 6.10 Å². The summed E-state index contributed by atoms with van der Waals surface area (Å²) in [5, 5.41) is 9.78. The highest BCUT2D eigenvalue weighted by molar-refractivity contribution is 5.27. The minimum absolute atomic E-state index is 0.333. The van der Waals surface area contributed by atoms with Gasteiger partial charge in [0.15, 0.2) is 0 Å². The van der Waals surface area contributed by atoms with E-state index >= 15 is 0 Å². The van der Waals surface area contributed by atoms with Crippen molar-refractivity contribution in [2.24, 2.45) is 0 Å². The van der Waals surface area contributed by atoms with Gasteiger partial charge in [-0.3, -0.25) is 0 Å². The molecule has 0 amide bonds. The second-order valence-electron chi connectivity index (χ2n) is 5.18. The molecule has 0 aromatic heterocycles. The average Bonchev–Trinajstić information content (AvgIpc) is 2.48. The van der Waals surface area contributed by atoms with Gasteiger partial charge in [0.05, 0.1) is 6.10 Å². The molecule has 0 heterocycles. The van der Waals surface area contributed by atoms with Gasteiger partial charge in [-0.2, -0.15) is 0 Å². The van der Waals surface area contributed by atoms with Crippen LogP contribution in [0.2, 0.25) is 0 Å². The molecule has 1 N–H and O–H groups in total. The number of hydrogen-bond acceptors (Lipinski definition) is 1. The molecule has 0 fully saturated rings. The summed E-state index contributed by atoms with van der Waals surface area (Å²) in [4.78, 5) is 0. The van der Waals surface area contributed by atoms with Crippen LogP contribution >= 0.6 is 0 Å². The number of hydrogen-bond donors (Lipinski definition) is 1. The van der Waals surface area contributed by atoms with Crippen molar-refractivity contribution in [3.05, 3.63) is 71.3 Å². The van der Waals surface area contributed by atoms with Crippen LogP contribution in [0.15, 0.2) is 54.6 Å². The van der Waals surface area contributed by atoms with Crippen molar-refractivity contribution in [2.75, 3.05) is 0 Å². The minimum atomic E-state index is -0.333. The van der Waals surface area contributed by atoms with Gasteiger partial charge in [0.2, 0.25) is 0 Å². The molecule has 2 unspecified atom stereocenters. The van der Waals surface area contributed by atoms with E-state index in [4.69, 9.17) is 0 Å². The third kappa shape index (κ3) is 3.68. The number of aliphatic hydroxyl groups is 1. The zero-order chi connectivity index (χ0) is 13.7. The molecule has 0 bridgehead atoms. The van der Waals surface area contributed by atoms with E-state index in [1.165, 1.54) is 11.1 Å². The molecule has 0 saturated heterocycles. The molecular formula is C18H22O. The van der Waals surface area contributed by atoms with E-state index in [1.807, 2.05) is 19.1 Å². The lowest BCUT2D eigenvalue weighted by atomic mass is 9.93. The van der Waals surface area contributed by atoms with Crippen LogP contribution in [0.25, 0.3) is 0 Å². The molecular weight excluding hydrogens is 232 g/mol. The largest absolute Gasteiger partial charge is 0.388 e. The summed E-state index contributed by atoms with van der Waals surface area (Å²) in [6.07, 6.45) is 1.47. The molecule has 0 spiro atoms. The Morgan fingerprint density at radius 2 is 1.53 bits per heavy atom. The third-order valence-corrected chi connectivity index (χ3v) is 3.66. The van der Waals surface area contributed by atoms with Crippen LogP contribution in [-0.2, 0) is 6.42 Å². The topological polar surface area (TPSA) is 20.2 Å². The summed E-state index contributed by atoms with van der Waals surface area (Å²) in [5.41, 5.74) is 3.71. The maximum atomic E-state index is 9.78. The predicted octanol–water partition coefficient (Wildman–Crippen LogP) is 4.48. The lowest BCUT2D eigenvalue weighted by Crippen LogP contribution is -1.99. The van der Waals surface area contributed by atoms with Gasteiger partial charge < -0.3 is 5.11 Å². The Bertz CT molecular complexity index is 487. The zero-order valence-corrected chi connectivity index (χ0v) is 11.7. The van der Waals surface area contributed by atoms with Crippen LogP contribution in [0, 0.1) is 0 Å². The van der Waals surface area contributed by atoms with E-state index in [1.54, 1.807) is 0 Å². The molecule has 1 heteroatoms. The molecule has 0 aliphatic heterocycles. The Kier molecular flexibility index (Phi) is 4.75. The first kappa shape index (κ1) is 13.8. The fourth-order valence-corrected chi connectivity index (χ4v) is 2.36. The first-order valence-electron chi connectivity index (χ1n) is 7.02. The summed E-state index contributed by atoms with van der Waals surface area (Å²) in [5.74, 6) is 0.517. The van der Waals surface area contributed by atoms with Crippen LogP contribution in [0.5, 0.6) is 0 Å². The van der Waals surface area contributed by atoms with Gasteiger partial charge >= 0.3 is 0 Å². The number of rotatable bonds is 5. The Hall–Kier alpha value is -1.60. The normalized spacial score (nSPS) is 14.1. The fourth-order valence-electron chi connectivity index (χ4n) is 2.36. The summed E-state index contributed by atoms with van der Waals surface area (Å²) in [6.45, 7) is 4.25. The monoisotopic (exact) mass is 254 g/mol. The van der Waals surface area contributed by atoms with E-state index in [0.717, 1.165) is 18.4 Å². The molecule has 1 nitrogen and oxygen atoms in total. The van der Waals surface area contributed by atoms with Crippen LogP contribution in [-0.4, -0.2) is 5.11 Å². The van der Waals surface area contributed by atoms with E-state index < -0.39 is 0 Å². The average molecular weight is 254 g/mol. The Balaban J connectivity index is 2.04. The summed E-state index contributed by atoms with van der Waals surface area (Å²) < 4.78 is 0. The molecule has 0 radical (unpaired) electrons. The minimum Gasteiger partial charge on any atom is -0.388 e. The highest BCUT2D eigenvalue weighted by Crippen LogP contribution is 2.22. The summed E-state index contributed by atoms with van der Waals surface area (Å²) in [6, 6.07) is 18.9. The molecule has 100 valence electrons. The lowest BCUT2D eigenvalue weighted by molar-refractivity contribution is 0.173. The van der Waals surface area contributed by atoms with Crippen molar-refractivity contribution in [2.45, 2.75) is 38.7 Å². The SMILES string of the molecule is CCC(O)c1ccc(CC(C)c2ccccc2)cc1. The van der Waals surface area contributed by atoms with Gasteiger partial charge in [0.1, 0.15) is 0 Å². The van der Waals surface area contributed by atoms with Crippen LogP contribution < -0.4 is 0 Å². The van der Waals surface area contributed by atoms with Crippen molar-refractivity contribution in [1.82, 2.24) is 0 Å². The molecule has 0 saturated carbocycles. The summed E-state index contributed by atoms with van der Waals surface area (Å²) >= 11 is 0. The van der Waals surface area contributed by atoms with Crippen molar-refractivity contribution >= 4 is 0 Å². The molecule has 0 aliphatic carbocycles. The van der Waals surface area contributed by atoms with E-state index in [0.29, 0.717) is 5.92 Å². The maximum absolute atomic E-state index is 9.78. The van der Waals surface area contributed by atoms with Gasteiger partial charge in [0, 0.05) is 0 Å². The van der Waals surface area contributed by atoms with Crippen molar-refractivity contribution in [3.63, 3.8) is 0 Å². The molecule has 2 rings (SSSR count). The van der Waals surface area contributed by atoms with Gasteiger partial charge in [-0.05, 0) is 35.4 Å². The third-order valence-electron chi connectivity index (χ3n) is 3.66. The van der Waals surface area contributed by atoms with Crippen LogP contribution in [0.3, 0.4) is 0 Å². The maximum Gasteiger partial charge on any atom is 0.0787 e. The van der Waals surface area contributed by atoms with Gasteiger partial charge in [-0.15, -0.1) is 0 Å². The molecule has 2 atom stereocenters. The molecule has 2 aromatic carbocycles. The molecule has 19 heavy (non-hydrogen) atoms. The fraction of sp³-hybridized carbons (Fsp3) is 0.333. The first-order chi connectivity index (χ1) is 9.20. The van der Waals surface area contributed by atoms with Crippen molar-refractivity contribution in [3.8, 4) is 0 Å². The highest BCUT2D eigenvalue weighted by atomic mass is 16.3. The van der Waals surface area contributed by atoms with Crippen LogP contribution in [0.4, 0.5) is 0 Å². The Morgan fingerprint density at radius 1 is 0.895 bits per heavy atom. The second-order valence-corrected chi connectivity index (χ2v) is 5.18. The first-order valence-corrected chi connectivity index (χ1v) is 7.02. The Morgan fingerprint density at radius 3 is 2.11 bits per heavy atom. The van der Waals surface area contributed by atoms with E-state index in [9.17, 15) is 5.11 Å². The predicted molar refractivity (Wildman–Crippen MR) is 80.3 cm³/mol. The van der Waals surface area contributed by atoms with Gasteiger partial charge in [0.25, 0.3) is 0 Å². The molecule has 0 aliphatic rings. The zero-order valence-electron chi connectivity index (χ0n) is 11.7. The number of benzene rings is 2. The second kappa shape index (κ2) is 6.53. The van der Waals surface area contributed by atoms with Gasteiger partial charge in [-0.25, -0.2) is 0 Å².